The van der Waals surface area contributed by atoms with Gasteiger partial charge < -0.3 is 16.0 Å². The first kappa shape index (κ1) is 31.8. The molecule has 0 fully saturated rings. The Hall–Kier alpha value is -4.63. The summed E-state index contributed by atoms with van der Waals surface area (Å²) in [5.41, 5.74) is -2.53. The molecule has 15 heteroatoms. The Morgan fingerprint density at radius 2 is 1.73 bits per heavy atom. The van der Waals surface area contributed by atoms with Crippen molar-refractivity contribution in [3.8, 4) is 11.1 Å². The molecule has 0 radical (unpaired) electrons. The summed E-state index contributed by atoms with van der Waals surface area (Å²) in [4.78, 5) is 22.0. The molecule has 0 atom stereocenters. The second kappa shape index (κ2) is 12.0. The van der Waals surface area contributed by atoms with Gasteiger partial charge in [0.1, 0.15) is 17.5 Å². The number of sulfonamides is 1. The van der Waals surface area contributed by atoms with Crippen LogP contribution in [0.3, 0.4) is 0 Å². The highest BCUT2D eigenvalue weighted by Crippen LogP contribution is 2.36. The van der Waals surface area contributed by atoms with Crippen molar-refractivity contribution < 1.29 is 35.2 Å². The molecule has 0 saturated carbocycles. The lowest BCUT2D eigenvalue weighted by Gasteiger charge is -2.26. The Morgan fingerprint density at radius 1 is 0.956 bits per heavy atom. The highest BCUT2D eigenvalue weighted by molar-refractivity contribution is 7.89. The van der Waals surface area contributed by atoms with Crippen molar-refractivity contribution in [2.24, 2.45) is 0 Å². The van der Waals surface area contributed by atoms with Crippen LogP contribution in [0.1, 0.15) is 31.4 Å². The van der Waals surface area contributed by atoms with Crippen LogP contribution in [0.4, 0.5) is 45.1 Å². The molecule has 1 aliphatic heterocycles. The summed E-state index contributed by atoms with van der Waals surface area (Å²) >= 11 is 0. The highest BCUT2D eigenvalue weighted by Gasteiger charge is 2.37. The molecule has 9 nitrogen and oxygen atoms in total. The number of nitrogens with zero attached hydrogens (tertiary/aromatic N) is 2. The third-order valence-corrected chi connectivity index (χ3v) is 8.65. The van der Waals surface area contributed by atoms with Crippen molar-refractivity contribution in [2.75, 3.05) is 29.0 Å². The lowest BCUT2D eigenvalue weighted by molar-refractivity contribution is -0.137. The maximum absolute atomic E-state index is 15.3. The molecule has 0 aliphatic carbocycles. The van der Waals surface area contributed by atoms with Crippen LogP contribution in [-0.2, 0) is 26.4 Å². The van der Waals surface area contributed by atoms with Gasteiger partial charge in [-0.1, -0.05) is 12.1 Å². The first-order valence-corrected chi connectivity index (χ1v) is 15.1. The quantitative estimate of drug-likeness (QED) is 0.195. The van der Waals surface area contributed by atoms with Gasteiger partial charge in [0.15, 0.2) is 0 Å². The van der Waals surface area contributed by atoms with Gasteiger partial charge in [0.05, 0.1) is 21.6 Å². The molecule has 5 rings (SSSR count). The molecule has 4 bridgehead atoms. The van der Waals surface area contributed by atoms with E-state index in [1.807, 2.05) is 0 Å². The molecule has 0 spiro atoms. The van der Waals surface area contributed by atoms with Crippen LogP contribution in [0.15, 0.2) is 71.8 Å². The van der Waals surface area contributed by atoms with Gasteiger partial charge in [-0.2, -0.15) is 18.2 Å². The second-order valence-electron chi connectivity index (χ2n) is 10.8. The Kier molecular flexibility index (Phi) is 8.51. The van der Waals surface area contributed by atoms with Crippen LogP contribution in [0.25, 0.3) is 11.1 Å². The van der Waals surface area contributed by atoms with Crippen molar-refractivity contribution in [3.63, 3.8) is 0 Å². The summed E-state index contributed by atoms with van der Waals surface area (Å²) < 4.78 is 97.3. The first-order valence-electron chi connectivity index (χ1n) is 13.6. The first-order chi connectivity index (χ1) is 21.1. The number of alkyl halides is 3. The van der Waals surface area contributed by atoms with E-state index in [9.17, 15) is 30.8 Å². The topological polar surface area (TPSA) is 125 Å². The molecule has 2 heterocycles. The number of hydrogen-bond donors (Lipinski definition) is 4. The lowest BCUT2D eigenvalue weighted by atomic mass is 9.82. The number of anilines is 4. The number of carbonyl (C=O) groups is 1. The van der Waals surface area contributed by atoms with E-state index in [0.29, 0.717) is 53.8 Å². The molecule has 0 unspecified atom stereocenters. The molecule has 1 aromatic heterocycles. The smallest absolute Gasteiger partial charge is 0.369 e. The largest absolute Gasteiger partial charge is 0.416 e. The minimum atomic E-state index is -4.75. The molecule has 1 aliphatic rings. The van der Waals surface area contributed by atoms with E-state index in [1.165, 1.54) is 44.3 Å². The lowest BCUT2D eigenvalue weighted by Crippen LogP contribution is -2.36. The zero-order valence-corrected chi connectivity index (χ0v) is 24.7. The Balaban J connectivity index is 1.41. The molecule has 4 N–H and O–H groups in total. The fraction of sp³-hybridized carbons (Fsp3) is 0.233. The molecule has 45 heavy (non-hydrogen) atoms. The summed E-state index contributed by atoms with van der Waals surface area (Å²) in [5, 5.41) is 8.42. The molecule has 4 aromatic rings. The zero-order chi connectivity index (χ0) is 32.6. The van der Waals surface area contributed by atoms with Crippen LogP contribution >= 0.6 is 0 Å². The van der Waals surface area contributed by atoms with Gasteiger partial charge in [-0.05, 0) is 74.4 Å². The van der Waals surface area contributed by atoms with E-state index in [4.69, 9.17) is 0 Å². The third-order valence-electron chi connectivity index (χ3n) is 7.19. The fourth-order valence-corrected chi connectivity index (χ4v) is 5.73. The predicted octanol–water partition coefficient (Wildman–Crippen LogP) is 6.19. The van der Waals surface area contributed by atoms with Crippen LogP contribution in [-0.4, -0.2) is 37.4 Å². The Labute approximate surface area is 255 Å². The number of aromatic nitrogens is 2. The van der Waals surface area contributed by atoms with Crippen molar-refractivity contribution in [1.82, 2.24) is 14.7 Å². The molecule has 236 valence electrons. The van der Waals surface area contributed by atoms with E-state index in [2.05, 4.69) is 30.6 Å². The number of nitrogens with one attached hydrogen (secondary N) is 4. The number of rotatable bonds is 4. The van der Waals surface area contributed by atoms with E-state index in [0.717, 1.165) is 6.07 Å². The van der Waals surface area contributed by atoms with Crippen molar-refractivity contribution >= 4 is 39.1 Å². The van der Waals surface area contributed by atoms with Crippen LogP contribution in [0.5, 0.6) is 0 Å². The fourth-order valence-electron chi connectivity index (χ4n) is 4.61. The van der Waals surface area contributed by atoms with Crippen LogP contribution in [0, 0.1) is 11.6 Å². The normalized spacial score (nSPS) is 15.0. The van der Waals surface area contributed by atoms with Gasteiger partial charge in [0.25, 0.3) is 0 Å². The number of benzene rings is 3. The standard InChI is InChI=1S/C30H27F5N6O3S/c1-29(2,22-14-18(30(33,34)35)8-9-23(22)31)27(42)40-25-10-7-17(13-24(25)32)21-16-37-28-39-19-5-3-6-20(15-19)45(43,44)38-12-4-11-36-26(21)41-28/h3,5-10,13-16,38H,4,11-12H2,1-2H3,(H,40,42)(H2,36,37,39,41). The molecule has 1 amide bonds. The zero-order valence-electron chi connectivity index (χ0n) is 23.9. The number of fused-ring (bicyclic) bond motifs is 4. The second-order valence-corrected chi connectivity index (χ2v) is 12.5. The van der Waals surface area contributed by atoms with Gasteiger partial charge >= 0.3 is 6.18 Å². The molecule has 0 saturated heterocycles. The van der Waals surface area contributed by atoms with E-state index in [-0.39, 0.29) is 23.1 Å². The summed E-state index contributed by atoms with van der Waals surface area (Å²) in [5.74, 6) is -2.33. The number of halogens is 5. The van der Waals surface area contributed by atoms with Gasteiger partial charge in [0.2, 0.25) is 21.9 Å². The third kappa shape index (κ3) is 6.88. The summed E-state index contributed by atoms with van der Waals surface area (Å²) in [6.45, 7) is 2.92. The van der Waals surface area contributed by atoms with Crippen LogP contribution < -0.4 is 20.7 Å². The summed E-state index contributed by atoms with van der Waals surface area (Å²) in [6.07, 6.45) is -2.91. The van der Waals surface area contributed by atoms with Crippen molar-refractivity contribution in [3.05, 3.63) is 89.6 Å². The maximum atomic E-state index is 15.3. The van der Waals surface area contributed by atoms with Crippen molar-refractivity contribution in [1.29, 1.82) is 0 Å². The minimum Gasteiger partial charge on any atom is -0.369 e. The van der Waals surface area contributed by atoms with E-state index >= 15 is 4.39 Å². The van der Waals surface area contributed by atoms with Gasteiger partial charge in [0, 0.05) is 36.1 Å². The number of carbonyl (C=O) groups excluding carboxylic acids is 1. The SMILES string of the molecule is CC(C)(C(=O)Nc1ccc(-c2cnc3nc2NCCCNS(=O)(=O)c2cccc(c2)N3)cc1F)c1cc(C(F)(F)F)ccc1F. The average molecular weight is 647 g/mol. The van der Waals surface area contributed by atoms with Crippen molar-refractivity contribution in [2.45, 2.75) is 36.8 Å². The van der Waals surface area contributed by atoms with Crippen LogP contribution in [0.2, 0.25) is 0 Å². The summed E-state index contributed by atoms with van der Waals surface area (Å²) in [6, 6.07) is 11.8. The van der Waals surface area contributed by atoms with E-state index < -0.39 is 50.3 Å². The predicted molar refractivity (Wildman–Crippen MR) is 159 cm³/mol. The van der Waals surface area contributed by atoms with Gasteiger partial charge in [-0.25, -0.2) is 26.9 Å². The average Bonchev–Trinajstić information content (AvgIpc) is 2.98. The van der Waals surface area contributed by atoms with E-state index in [1.54, 1.807) is 12.1 Å². The molecule has 3 aromatic carbocycles. The minimum absolute atomic E-state index is 0.0718. The van der Waals surface area contributed by atoms with Gasteiger partial charge in [-0.3, -0.25) is 4.79 Å². The highest BCUT2D eigenvalue weighted by atomic mass is 32.2. The monoisotopic (exact) mass is 646 g/mol. The maximum Gasteiger partial charge on any atom is 0.416 e. The number of hydrogen-bond acceptors (Lipinski definition) is 7. The summed E-state index contributed by atoms with van der Waals surface area (Å²) in [7, 11) is -3.73. The molecular weight excluding hydrogens is 619 g/mol. The molecular formula is C30H27F5N6O3S. The Morgan fingerprint density at radius 3 is 2.47 bits per heavy atom. The Bertz CT molecular complexity index is 1880. The van der Waals surface area contributed by atoms with Gasteiger partial charge in [-0.15, -0.1) is 0 Å². The number of amides is 1.